The smallest absolute Gasteiger partial charge is 0.125 e. The van der Waals surface area contributed by atoms with E-state index in [0.29, 0.717) is 0 Å². The first-order valence-corrected chi connectivity index (χ1v) is 4.03. The first-order chi connectivity index (χ1) is 5.79. The van der Waals surface area contributed by atoms with Crippen molar-refractivity contribution < 1.29 is 4.74 Å². The van der Waals surface area contributed by atoms with Gasteiger partial charge < -0.3 is 4.74 Å². The molecular formula is C11H14O. The van der Waals surface area contributed by atoms with E-state index in [9.17, 15) is 0 Å². The monoisotopic (exact) mass is 162 g/mol. The molecule has 0 heterocycles. The predicted octanol–water partition coefficient (Wildman–Crippen LogP) is 2.73. The highest BCUT2D eigenvalue weighted by Gasteiger charge is 2.02. The lowest BCUT2D eigenvalue weighted by Crippen LogP contribution is -1.92. The van der Waals surface area contributed by atoms with Crippen LogP contribution in [-0.2, 0) is 6.42 Å². The number of benzene rings is 1. The van der Waals surface area contributed by atoms with Crippen LogP contribution in [0.4, 0.5) is 0 Å². The zero-order valence-corrected chi connectivity index (χ0v) is 7.63. The first-order valence-electron chi connectivity index (χ1n) is 4.03. The van der Waals surface area contributed by atoms with Crippen molar-refractivity contribution in [3.05, 3.63) is 42.0 Å². The van der Waals surface area contributed by atoms with Gasteiger partial charge in [0.15, 0.2) is 0 Å². The fourth-order valence-corrected chi connectivity index (χ4v) is 1.32. The van der Waals surface area contributed by atoms with Crippen molar-refractivity contribution in [3.63, 3.8) is 0 Å². The zero-order valence-electron chi connectivity index (χ0n) is 7.63. The van der Waals surface area contributed by atoms with Crippen LogP contribution in [0.1, 0.15) is 11.1 Å². The van der Waals surface area contributed by atoms with Crippen molar-refractivity contribution in [1.29, 1.82) is 0 Å². The SMILES string of the molecule is C=CCc1cccc(C)c1OC. The maximum atomic E-state index is 5.28. The first kappa shape index (κ1) is 8.85. The highest BCUT2D eigenvalue weighted by atomic mass is 16.5. The van der Waals surface area contributed by atoms with Gasteiger partial charge in [-0.1, -0.05) is 24.3 Å². The van der Waals surface area contributed by atoms with Gasteiger partial charge in [0.2, 0.25) is 0 Å². The third kappa shape index (κ3) is 1.67. The minimum Gasteiger partial charge on any atom is -0.496 e. The number of rotatable bonds is 3. The Bertz CT molecular complexity index is 276. The van der Waals surface area contributed by atoms with E-state index < -0.39 is 0 Å². The van der Waals surface area contributed by atoms with Crippen LogP contribution >= 0.6 is 0 Å². The molecule has 0 aliphatic carbocycles. The number of ether oxygens (including phenoxy) is 1. The minimum absolute atomic E-state index is 0.866. The molecule has 64 valence electrons. The molecule has 0 radical (unpaired) electrons. The van der Waals surface area contributed by atoms with Crippen LogP contribution in [0.3, 0.4) is 0 Å². The van der Waals surface area contributed by atoms with Gasteiger partial charge in [-0.25, -0.2) is 0 Å². The van der Waals surface area contributed by atoms with Crippen molar-refractivity contribution in [2.24, 2.45) is 0 Å². The fraction of sp³-hybridized carbons (Fsp3) is 0.273. The Morgan fingerprint density at radius 3 is 2.83 bits per heavy atom. The van der Waals surface area contributed by atoms with E-state index in [0.717, 1.165) is 12.2 Å². The van der Waals surface area contributed by atoms with E-state index in [-0.39, 0.29) is 0 Å². The second-order valence-corrected chi connectivity index (χ2v) is 2.76. The Hall–Kier alpha value is -1.24. The van der Waals surface area contributed by atoms with Crippen LogP contribution in [0.5, 0.6) is 5.75 Å². The summed E-state index contributed by atoms with van der Waals surface area (Å²) in [5.74, 6) is 0.984. The summed E-state index contributed by atoms with van der Waals surface area (Å²) in [6.07, 6.45) is 2.75. The summed E-state index contributed by atoms with van der Waals surface area (Å²) in [5.41, 5.74) is 2.38. The van der Waals surface area contributed by atoms with Crippen molar-refractivity contribution in [2.45, 2.75) is 13.3 Å². The lowest BCUT2D eigenvalue weighted by molar-refractivity contribution is 0.407. The number of methoxy groups -OCH3 is 1. The van der Waals surface area contributed by atoms with Gasteiger partial charge in [0.05, 0.1) is 7.11 Å². The van der Waals surface area contributed by atoms with Crippen molar-refractivity contribution in [1.82, 2.24) is 0 Å². The van der Waals surface area contributed by atoms with Gasteiger partial charge in [-0.05, 0) is 24.5 Å². The van der Waals surface area contributed by atoms with Crippen LogP contribution in [0.2, 0.25) is 0 Å². The van der Waals surface area contributed by atoms with Crippen LogP contribution in [0.15, 0.2) is 30.9 Å². The lowest BCUT2D eigenvalue weighted by atomic mass is 10.1. The topological polar surface area (TPSA) is 9.23 Å². The fourth-order valence-electron chi connectivity index (χ4n) is 1.32. The zero-order chi connectivity index (χ0) is 8.97. The molecule has 1 heteroatoms. The maximum Gasteiger partial charge on any atom is 0.125 e. The summed E-state index contributed by atoms with van der Waals surface area (Å²) in [5, 5.41) is 0. The molecular weight excluding hydrogens is 148 g/mol. The average molecular weight is 162 g/mol. The largest absolute Gasteiger partial charge is 0.496 e. The molecule has 12 heavy (non-hydrogen) atoms. The van der Waals surface area contributed by atoms with Gasteiger partial charge in [0.1, 0.15) is 5.75 Å². The molecule has 0 amide bonds. The highest BCUT2D eigenvalue weighted by Crippen LogP contribution is 2.23. The molecule has 0 aromatic heterocycles. The van der Waals surface area contributed by atoms with Gasteiger partial charge in [0, 0.05) is 0 Å². The molecule has 0 spiro atoms. The summed E-state index contributed by atoms with van der Waals surface area (Å²) < 4.78 is 5.28. The van der Waals surface area contributed by atoms with Gasteiger partial charge in [-0.2, -0.15) is 0 Å². The third-order valence-electron chi connectivity index (χ3n) is 1.86. The van der Waals surface area contributed by atoms with E-state index in [1.807, 2.05) is 25.1 Å². The van der Waals surface area contributed by atoms with Gasteiger partial charge in [-0.3, -0.25) is 0 Å². The Morgan fingerprint density at radius 1 is 1.50 bits per heavy atom. The van der Waals surface area contributed by atoms with Crippen molar-refractivity contribution in [2.75, 3.05) is 7.11 Å². The highest BCUT2D eigenvalue weighted by molar-refractivity contribution is 5.41. The molecule has 1 aromatic carbocycles. The summed E-state index contributed by atoms with van der Waals surface area (Å²) in [6, 6.07) is 6.15. The van der Waals surface area contributed by atoms with Crippen molar-refractivity contribution in [3.8, 4) is 5.75 Å². The Morgan fingerprint density at radius 2 is 2.25 bits per heavy atom. The standard InChI is InChI=1S/C11H14O/c1-4-6-10-8-5-7-9(2)11(10)12-3/h4-5,7-8H,1,6H2,2-3H3. The molecule has 1 nitrogen and oxygen atoms in total. The predicted molar refractivity (Wildman–Crippen MR) is 51.6 cm³/mol. The van der Waals surface area contributed by atoms with E-state index >= 15 is 0 Å². The average Bonchev–Trinajstić information content (AvgIpc) is 2.05. The van der Waals surface area contributed by atoms with E-state index in [1.54, 1.807) is 7.11 Å². The van der Waals surface area contributed by atoms with Gasteiger partial charge in [0.25, 0.3) is 0 Å². The molecule has 0 bridgehead atoms. The van der Waals surface area contributed by atoms with Crippen LogP contribution in [-0.4, -0.2) is 7.11 Å². The second kappa shape index (κ2) is 3.96. The number of allylic oxidation sites excluding steroid dienone is 1. The van der Waals surface area contributed by atoms with E-state index in [1.165, 1.54) is 11.1 Å². The summed E-state index contributed by atoms with van der Waals surface area (Å²) in [4.78, 5) is 0. The van der Waals surface area contributed by atoms with Crippen LogP contribution < -0.4 is 4.74 Å². The second-order valence-electron chi connectivity index (χ2n) is 2.76. The number of para-hydroxylation sites is 1. The molecule has 0 N–H and O–H groups in total. The van der Waals surface area contributed by atoms with Crippen molar-refractivity contribution >= 4 is 0 Å². The number of hydrogen-bond acceptors (Lipinski definition) is 1. The van der Waals surface area contributed by atoms with E-state index in [2.05, 4.69) is 12.6 Å². The number of hydrogen-bond donors (Lipinski definition) is 0. The lowest BCUT2D eigenvalue weighted by Gasteiger charge is -2.08. The molecule has 0 saturated carbocycles. The molecule has 0 aliphatic heterocycles. The molecule has 1 rings (SSSR count). The van der Waals surface area contributed by atoms with Crippen LogP contribution in [0.25, 0.3) is 0 Å². The Labute approximate surface area is 73.7 Å². The molecule has 0 aliphatic rings. The van der Waals surface area contributed by atoms with Gasteiger partial charge in [-0.15, -0.1) is 6.58 Å². The summed E-state index contributed by atoms with van der Waals surface area (Å²) in [6.45, 7) is 5.75. The Kier molecular flexibility index (Phi) is 2.92. The normalized spacial score (nSPS) is 9.50. The Balaban J connectivity index is 3.08. The quantitative estimate of drug-likeness (QED) is 0.621. The molecule has 0 saturated heterocycles. The number of aryl methyl sites for hydroxylation is 1. The molecule has 0 unspecified atom stereocenters. The summed E-state index contributed by atoms with van der Waals surface area (Å²) >= 11 is 0. The molecule has 1 aromatic rings. The van der Waals surface area contributed by atoms with Crippen LogP contribution in [0, 0.1) is 6.92 Å². The summed E-state index contributed by atoms with van der Waals surface area (Å²) in [7, 11) is 1.70. The van der Waals surface area contributed by atoms with E-state index in [4.69, 9.17) is 4.74 Å². The van der Waals surface area contributed by atoms with Gasteiger partial charge >= 0.3 is 0 Å². The minimum atomic E-state index is 0.866. The maximum absolute atomic E-state index is 5.28. The third-order valence-corrected chi connectivity index (χ3v) is 1.86. The molecule has 0 atom stereocenters. The molecule has 0 fully saturated rings.